The van der Waals surface area contributed by atoms with Gasteiger partial charge in [-0.15, -0.1) is 0 Å². The zero-order chi connectivity index (χ0) is 22.8. The summed E-state index contributed by atoms with van der Waals surface area (Å²) in [6, 6.07) is 14.2. The number of ether oxygens (including phenoxy) is 1. The Hall–Kier alpha value is -3.35. The summed E-state index contributed by atoms with van der Waals surface area (Å²) in [5.74, 6) is -1.37. The van der Waals surface area contributed by atoms with Crippen LogP contribution in [0.2, 0.25) is 10.0 Å². The fraction of sp³-hybridized carbons (Fsp3) is 0.125. The standard InChI is InChI=1S/C24H18Cl2N2O4/c1-32-19-5-3-2-4-16(19)21-20(22(29)15-6-7-17(25)18(26)12-15)23(30)24(31)28(21)13-14-8-10-27-11-9-14/h2-12,21,29H,13H2,1H3/b22-20+. The van der Waals surface area contributed by atoms with E-state index in [0.717, 1.165) is 5.56 Å². The molecule has 1 aliphatic heterocycles. The number of likely N-dealkylation sites (tertiary alicyclic amines) is 1. The summed E-state index contributed by atoms with van der Waals surface area (Å²) in [6.07, 6.45) is 3.22. The monoisotopic (exact) mass is 468 g/mol. The lowest BCUT2D eigenvalue weighted by Gasteiger charge is -2.26. The van der Waals surface area contributed by atoms with Gasteiger partial charge in [-0.2, -0.15) is 0 Å². The molecule has 0 aliphatic carbocycles. The summed E-state index contributed by atoms with van der Waals surface area (Å²) in [4.78, 5) is 31.6. The summed E-state index contributed by atoms with van der Waals surface area (Å²) in [6.45, 7) is 0.147. The number of hydrogen-bond donors (Lipinski definition) is 1. The van der Waals surface area contributed by atoms with Gasteiger partial charge in [0.05, 0.1) is 28.8 Å². The van der Waals surface area contributed by atoms with E-state index in [9.17, 15) is 14.7 Å². The minimum atomic E-state index is -0.867. The molecule has 2 heterocycles. The Labute approximate surface area is 194 Å². The second kappa shape index (κ2) is 9.02. The fourth-order valence-electron chi connectivity index (χ4n) is 3.74. The van der Waals surface area contributed by atoms with Crippen molar-refractivity contribution in [2.45, 2.75) is 12.6 Å². The Morgan fingerprint density at radius 1 is 1.06 bits per heavy atom. The molecule has 0 bridgehead atoms. The zero-order valence-corrected chi connectivity index (χ0v) is 18.5. The first-order chi connectivity index (χ1) is 15.4. The molecule has 3 aromatic rings. The molecule has 1 aliphatic rings. The van der Waals surface area contributed by atoms with Crippen LogP contribution in [0.15, 0.2) is 72.6 Å². The van der Waals surface area contributed by atoms with Gasteiger partial charge in [-0.3, -0.25) is 14.6 Å². The highest BCUT2D eigenvalue weighted by Crippen LogP contribution is 2.43. The molecule has 0 spiro atoms. The smallest absolute Gasteiger partial charge is 0.295 e. The van der Waals surface area contributed by atoms with E-state index < -0.39 is 17.7 Å². The third-order valence-corrected chi connectivity index (χ3v) is 6.01. The number of pyridine rings is 1. The second-order valence-corrected chi connectivity index (χ2v) is 7.97. The number of aliphatic hydroxyl groups excluding tert-OH is 1. The van der Waals surface area contributed by atoms with Gasteiger partial charge in [0.1, 0.15) is 11.5 Å². The van der Waals surface area contributed by atoms with Crippen LogP contribution in [0.4, 0.5) is 0 Å². The van der Waals surface area contributed by atoms with E-state index in [1.807, 2.05) is 0 Å². The van der Waals surface area contributed by atoms with Gasteiger partial charge in [-0.25, -0.2) is 0 Å². The van der Waals surface area contributed by atoms with Gasteiger partial charge in [0.25, 0.3) is 11.7 Å². The van der Waals surface area contributed by atoms with Gasteiger partial charge in [-0.1, -0.05) is 41.4 Å². The summed E-state index contributed by atoms with van der Waals surface area (Å²) in [5, 5.41) is 11.7. The van der Waals surface area contributed by atoms with E-state index in [0.29, 0.717) is 16.3 Å². The molecule has 8 heteroatoms. The number of benzene rings is 2. The number of Topliss-reactive ketones (excluding diaryl/α,β-unsaturated/α-hetero) is 1. The van der Waals surface area contributed by atoms with Crippen LogP contribution in [-0.4, -0.2) is 33.8 Å². The van der Waals surface area contributed by atoms with Crippen molar-refractivity contribution >= 4 is 40.7 Å². The SMILES string of the molecule is COc1ccccc1C1/C(=C(\O)c2ccc(Cl)c(Cl)c2)C(=O)C(=O)N1Cc1ccncc1. The van der Waals surface area contributed by atoms with Crippen LogP contribution in [-0.2, 0) is 16.1 Å². The Morgan fingerprint density at radius 2 is 1.78 bits per heavy atom. The fourth-order valence-corrected chi connectivity index (χ4v) is 4.04. The third-order valence-electron chi connectivity index (χ3n) is 5.27. The predicted octanol–water partition coefficient (Wildman–Crippen LogP) is 5.02. The summed E-state index contributed by atoms with van der Waals surface area (Å²) < 4.78 is 5.49. The van der Waals surface area contributed by atoms with E-state index in [1.165, 1.54) is 24.1 Å². The molecule has 1 aromatic heterocycles. The van der Waals surface area contributed by atoms with Crippen LogP contribution in [0, 0.1) is 0 Å². The van der Waals surface area contributed by atoms with Crippen molar-refractivity contribution in [2.24, 2.45) is 0 Å². The second-order valence-electron chi connectivity index (χ2n) is 7.15. The Bertz CT molecular complexity index is 1230. The molecule has 2 aromatic carbocycles. The maximum absolute atomic E-state index is 13.1. The molecular formula is C24H18Cl2N2O4. The zero-order valence-electron chi connectivity index (χ0n) is 17.0. The molecule has 1 N–H and O–H groups in total. The molecule has 1 fully saturated rings. The number of para-hydroxylation sites is 1. The van der Waals surface area contributed by atoms with Crippen LogP contribution >= 0.6 is 23.2 Å². The highest BCUT2D eigenvalue weighted by molar-refractivity contribution is 6.46. The minimum absolute atomic E-state index is 0.0491. The van der Waals surface area contributed by atoms with Gasteiger partial charge in [-0.05, 0) is 42.0 Å². The van der Waals surface area contributed by atoms with E-state index in [1.54, 1.807) is 54.9 Å². The van der Waals surface area contributed by atoms with Crippen molar-refractivity contribution in [2.75, 3.05) is 7.11 Å². The summed E-state index contributed by atoms with van der Waals surface area (Å²) >= 11 is 12.1. The molecule has 32 heavy (non-hydrogen) atoms. The average Bonchev–Trinajstić information content (AvgIpc) is 3.05. The minimum Gasteiger partial charge on any atom is -0.507 e. The van der Waals surface area contributed by atoms with Gasteiger partial charge in [0, 0.05) is 30.1 Å². The number of amides is 1. The number of aliphatic hydroxyl groups is 1. The topological polar surface area (TPSA) is 79.7 Å². The van der Waals surface area contributed by atoms with Gasteiger partial charge in [0.15, 0.2) is 0 Å². The molecule has 6 nitrogen and oxygen atoms in total. The van der Waals surface area contributed by atoms with Crippen molar-refractivity contribution in [3.8, 4) is 5.75 Å². The molecular weight excluding hydrogens is 451 g/mol. The van der Waals surface area contributed by atoms with E-state index >= 15 is 0 Å². The van der Waals surface area contributed by atoms with Crippen molar-refractivity contribution in [3.05, 3.63) is 99.3 Å². The average molecular weight is 469 g/mol. The first-order valence-electron chi connectivity index (χ1n) is 9.68. The highest BCUT2D eigenvalue weighted by Gasteiger charge is 2.47. The van der Waals surface area contributed by atoms with Crippen LogP contribution in [0.25, 0.3) is 5.76 Å². The molecule has 1 amide bonds. The largest absolute Gasteiger partial charge is 0.507 e. The van der Waals surface area contributed by atoms with E-state index in [4.69, 9.17) is 27.9 Å². The number of halogens is 2. The van der Waals surface area contributed by atoms with E-state index in [2.05, 4.69) is 4.98 Å². The van der Waals surface area contributed by atoms with Gasteiger partial charge in [0.2, 0.25) is 0 Å². The van der Waals surface area contributed by atoms with Crippen LogP contribution in [0.1, 0.15) is 22.7 Å². The number of aromatic nitrogens is 1. The molecule has 0 radical (unpaired) electrons. The first-order valence-corrected chi connectivity index (χ1v) is 10.4. The number of nitrogens with zero attached hydrogens (tertiary/aromatic N) is 2. The first kappa shape index (κ1) is 21.9. The lowest BCUT2D eigenvalue weighted by atomic mass is 9.94. The van der Waals surface area contributed by atoms with Crippen molar-refractivity contribution in [1.29, 1.82) is 0 Å². The molecule has 1 unspecified atom stereocenters. The number of rotatable bonds is 5. The number of carbonyl (C=O) groups excluding carboxylic acids is 2. The maximum Gasteiger partial charge on any atom is 0.295 e. The number of carbonyl (C=O) groups is 2. The Kier molecular flexibility index (Phi) is 6.17. The maximum atomic E-state index is 13.1. The van der Waals surface area contributed by atoms with Gasteiger partial charge >= 0.3 is 0 Å². The molecule has 1 atom stereocenters. The van der Waals surface area contributed by atoms with Crippen LogP contribution < -0.4 is 4.74 Å². The predicted molar refractivity (Wildman–Crippen MR) is 122 cm³/mol. The molecule has 0 saturated carbocycles. The Balaban J connectivity index is 1.91. The Morgan fingerprint density at radius 3 is 2.47 bits per heavy atom. The van der Waals surface area contributed by atoms with Crippen molar-refractivity contribution in [3.63, 3.8) is 0 Å². The quantitative estimate of drug-likeness (QED) is 0.323. The lowest BCUT2D eigenvalue weighted by Crippen LogP contribution is -2.29. The summed E-state index contributed by atoms with van der Waals surface area (Å²) in [5.41, 5.74) is 1.59. The van der Waals surface area contributed by atoms with Crippen molar-refractivity contribution < 1.29 is 19.4 Å². The molecule has 1 saturated heterocycles. The highest BCUT2D eigenvalue weighted by atomic mass is 35.5. The van der Waals surface area contributed by atoms with Gasteiger partial charge < -0.3 is 14.7 Å². The molecule has 162 valence electrons. The van der Waals surface area contributed by atoms with E-state index in [-0.39, 0.29) is 28.5 Å². The van der Waals surface area contributed by atoms with Crippen LogP contribution in [0.3, 0.4) is 0 Å². The lowest BCUT2D eigenvalue weighted by molar-refractivity contribution is -0.140. The summed E-state index contributed by atoms with van der Waals surface area (Å²) in [7, 11) is 1.51. The number of hydrogen-bond acceptors (Lipinski definition) is 5. The number of methoxy groups -OCH3 is 1. The van der Waals surface area contributed by atoms with Crippen molar-refractivity contribution in [1.82, 2.24) is 9.88 Å². The third kappa shape index (κ3) is 3.95. The van der Waals surface area contributed by atoms with Crippen LogP contribution in [0.5, 0.6) is 5.75 Å². The normalized spacial score (nSPS) is 17.6. The number of ketones is 1. The molecule has 4 rings (SSSR count).